The number of hydrogen-bond acceptors (Lipinski definition) is 3. The van der Waals surface area contributed by atoms with Crippen LogP contribution < -0.4 is 0 Å². The van der Waals surface area contributed by atoms with Crippen molar-refractivity contribution in [2.45, 2.75) is 93.4 Å². The molecule has 4 nitrogen and oxygen atoms in total. The van der Waals surface area contributed by atoms with Gasteiger partial charge in [0.2, 0.25) is 0 Å². The summed E-state index contributed by atoms with van der Waals surface area (Å²) in [6.07, 6.45) is 10.9. The number of rotatable bonds is 1. The van der Waals surface area contributed by atoms with Crippen LogP contribution in [0, 0.1) is 68.0 Å². The van der Waals surface area contributed by atoms with Gasteiger partial charge < -0.3 is 5.11 Å². The Morgan fingerprint density at radius 3 is 2.34 bits per heavy atom. The maximum Gasteiger partial charge on any atom is 0.310 e. The van der Waals surface area contributed by atoms with Crippen LogP contribution in [0.1, 0.15) is 93.4 Å². The van der Waals surface area contributed by atoms with Crippen molar-refractivity contribution in [3.05, 3.63) is 23.3 Å². The van der Waals surface area contributed by atoms with Crippen molar-refractivity contribution >= 4 is 11.8 Å². The summed E-state index contributed by atoms with van der Waals surface area (Å²) in [5.41, 5.74) is 0.288. The van der Waals surface area contributed by atoms with E-state index in [1.807, 2.05) is 19.9 Å². The molecule has 0 heterocycles. The maximum absolute atomic E-state index is 13.2. The van der Waals surface area contributed by atoms with Crippen LogP contribution in [0.25, 0.3) is 0 Å². The fourth-order valence-electron chi connectivity index (χ4n) is 10.5. The molecule has 190 valence electrons. The zero-order valence-electron chi connectivity index (χ0n) is 22.7. The summed E-state index contributed by atoms with van der Waals surface area (Å²) >= 11 is 0. The number of ketones is 1. The molecule has 0 aromatic heterocycles. The van der Waals surface area contributed by atoms with Crippen LogP contribution >= 0.6 is 0 Å². The molecule has 4 heteroatoms. The average Bonchev–Trinajstić information content (AvgIpc) is 2.79. The summed E-state index contributed by atoms with van der Waals surface area (Å²) in [6.45, 7) is 15.9. The predicted octanol–water partition coefficient (Wildman–Crippen LogP) is 6.97. The van der Waals surface area contributed by atoms with Crippen LogP contribution in [0.2, 0.25) is 0 Å². The van der Waals surface area contributed by atoms with Crippen molar-refractivity contribution in [3.63, 3.8) is 0 Å². The molecule has 1 N–H and O–H groups in total. The van der Waals surface area contributed by atoms with E-state index in [1.54, 1.807) is 0 Å². The third kappa shape index (κ3) is 2.79. The second-order valence-electron chi connectivity index (χ2n) is 14.2. The Morgan fingerprint density at radius 1 is 1.03 bits per heavy atom. The minimum atomic E-state index is -0.630. The fraction of sp³-hybridized carbons (Fsp3) is 0.774. The Morgan fingerprint density at radius 2 is 1.71 bits per heavy atom. The van der Waals surface area contributed by atoms with E-state index in [2.05, 4.69) is 46.8 Å². The van der Waals surface area contributed by atoms with Crippen molar-refractivity contribution in [3.8, 4) is 6.07 Å². The highest BCUT2D eigenvalue weighted by Gasteiger charge is 2.69. The van der Waals surface area contributed by atoms with E-state index < -0.39 is 16.8 Å². The molecule has 5 aliphatic carbocycles. The minimum Gasteiger partial charge on any atom is -0.481 e. The fourth-order valence-corrected chi connectivity index (χ4v) is 10.5. The van der Waals surface area contributed by atoms with Gasteiger partial charge in [0.05, 0.1) is 11.0 Å². The van der Waals surface area contributed by atoms with Crippen LogP contribution in [0.4, 0.5) is 0 Å². The Kier molecular flexibility index (Phi) is 5.19. The van der Waals surface area contributed by atoms with E-state index in [9.17, 15) is 20.0 Å². The zero-order valence-corrected chi connectivity index (χ0v) is 22.7. The number of aliphatic carboxylic acids is 1. The first-order valence-corrected chi connectivity index (χ1v) is 13.8. The van der Waals surface area contributed by atoms with Crippen LogP contribution in [0.5, 0.6) is 0 Å². The van der Waals surface area contributed by atoms with E-state index in [1.165, 1.54) is 5.57 Å². The van der Waals surface area contributed by atoms with E-state index in [0.717, 1.165) is 44.9 Å². The van der Waals surface area contributed by atoms with Crippen molar-refractivity contribution < 1.29 is 14.7 Å². The van der Waals surface area contributed by atoms with Crippen molar-refractivity contribution in [1.29, 1.82) is 5.26 Å². The van der Waals surface area contributed by atoms with Gasteiger partial charge in [0, 0.05) is 5.41 Å². The molecule has 3 saturated carbocycles. The zero-order chi connectivity index (χ0) is 25.8. The van der Waals surface area contributed by atoms with E-state index in [4.69, 9.17) is 0 Å². The van der Waals surface area contributed by atoms with Crippen LogP contribution in [0.15, 0.2) is 23.3 Å². The standard InChI is InChI=1S/C31H43NO3/c1-18-10-13-31(26(34)35)15-14-29(6)21(24(31)19(18)2)8-9-23-28(5)16-20(17-32)25(33)27(3,4)22(28)11-12-30(23,29)7/h8,16,18-19,22-24H,9-15H2,1-7H3,(H,34,35)/t18-,19+,22+,23-,24+,28+,29-,30-,31+/m1/s1. The number of fused-ring (bicyclic) bond motifs is 7. The highest BCUT2D eigenvalue weighted by Crippen LogP contribution is 2.75. The first-order chi connectivity index (χ1) is 16.2. The normalized spacial score (nSPS) is 50.3. The van der Waals surface area contributed by atoms with Crippen molar-refractivity contribution in [1.82, 2.24) is 0 Å². The molecule has 0 spiro atoms. The smallest absolute Gasteiger partial charge is 0.310 e. The highest BCUT2D eigenvalue weighted by molar-refractivity contribution is 6.04. The highest BCUT2D eigenvalue weighted by atomic mass is 16.4. The lowest BCUT2D eigenvalue weighted by Crippen LogP contribution is -2.64. The second kappa shape index (κ2) is 7.33. The van der Waals surface area contributed by atoms with Gasteiger partial charge in [-0.15, -0.1) is 0 Å². The molecule has 5 rings (SSSR count). The van der Waals surface area contributed by atoms with Crippen LogP contribution in [-0.4, -0.2) is 16.9 Å². The monoisotopic (exact) mass is 477 g/mol. The number of allylic oxidation sites excluding steroid dienone is 4. The quantitative estimate of drug-likeness (QED) is 0.414. The Balaban J connectivity index is 1.67. The summed E-state index contributed by atoms with van der Waals surface area (Å²) in [7, 11) is 0. The molecule has 0 bridgehead atoms. The molecule has 0 amide bonds. The van der Waals surface area contributed by atoms with Gasteiger partial charge in [-0.3, -0.25) is 9.59 Å². The first kappa shape index (κ1) is 24.8. The molecule has 0 unspecified atom stereocenters. The second-order valence-corrected chi connectivity index (χ2v) is 14.2. The van der Waals surface area contributed by atoms with Gasteiger partial charge in [0.15, 0.2) is 5.78 Å². The van der Waals surface area contributed by atoms with E-state index in [0.29, 0.717) is 23.3 Å². The third-order valence-electron chi connectivity index (χ3n) is 12.9. The molecular weight excluding hydrogens is 434 g/mol. The molecule has 0 saturated heterocycles. The minimum absolute atomic E-state index is 0.000928. The third-order valence-corrected chi connectivity index (χ3v) is 12.9. The molecule has 0 aliphatic heterocycles. The Labute approximate surface area is 211 Å². The lowest BCUT2D eigenvalue weighted by Gasteiger charge is -2.70. The molecule has 3 fully saturated rings. The molecule has 35 heavy (non-hydrogen) atoms. The summed E-state index contributed by atoms with van der Waals surface area (Å²) in [6, 6.07) is 2.24. The van der Waals surface area contributed by atoms with Gasteiger partial charge in [0.25, 0.3) is 0 Å². The van der Waals surface area contributed by atoms with Crippen LogP contribution in [-0.2, 0) is 9.59 Å². The number of hydrogen-bond donors (Lipinski definition) is 1. The maximum atomic E-state index is 13.2. The molecule has 9 atom stereocenters. The van der Waals surface area contributed by atoms with Gasteiger partial charge >= 0.3 is 5.97 Å². The van der Waals surface area contributed by atoms with Crippen LogP contribution in [0.3, 0.4) is 0 Å². The number of carboxylic acids is 1. The van der Waals surface area contributed by atoms with Gasteiger partial charge in [0.1, 0.15) is 6.07 Å². The molecule has 0 aromatic rings. The predicted molar refractivity (Wildman–Crippen MR) is 136 cm³/mol. The number of carboxylic acid groups (broad SMARTS) is 1. The van der Waals surface area contributed by atoms with E-state index in [-0.39, 0.29) is 33.9 Å². The number of Topliss-reactive ketones (excluding diaryl/α,β-unsaturated/α-hetero) is 1. The molecule has 5 aliphatic rings. The lowest BCUT2D eigenvalue weighted by molar-refractivity contribution is -0.176. The number of nitriles is 1. The first-order valence-electron chi connectivity index (χ1n) is 13.8. The summed E-state index contributed by atoms with van der Waals surface area (Å²) in [4.78, 5) is 26.0. The number of nitrogens with zero attached hydrogens (tertiary/aromatic N) is 1. The van der Waals surface area contributed by atoms with Crippen molar-refractivity contribution in [2.75, 3.05) is 0 Å². The Hall–Kier alpha value is -1.89. The Bertz CT molecular complexity index is 1090. The van der Waals surface area contributed by atoms with E-state index >= 15 is 0 Å². The van der Waals surface area contributed by atoms with Gasteiger partial charge in [-0.05, 0) is 90.8 Å². The van der Waals surface area contributed by atoms with Crippen molar-refractivity contribution in [2.24, 2.45) is 56.7 Å². The van der Waals surface area contributed by atoms with Gasteiger partial charge in [-0.25, -0.2) is 0 Å². The van der Waals surface area contributed by atoms with Gasteiger partial charge in [-0.1, -0.05) is 66.2 Å². The lowest BCUT2D eigenvalue weighted by atomic mass is 9.34. The summed E-state index contributed by atoms with van der Waals surface area (Å²) in [5, 5.41) is 20.4. The molecule has 0 aromatic carbocycles. The number of carbonyl (C=O) groups is 2. The number of carbonyl (C=O) groups excluding carboxylic acids is 1. The average molecular weight is 478 g/mol. The molecular formula is C31H43NO3. The topological polar surface area (TPSA) is 78.2 Å². The summed E-state index contributed by atoms with van der Waals surface area (Å²) < 4.78 is 0. The largest absolute Gasteiger partial charge is 0.481 e. The molecule has 0 radical (unpaired) electrons. The van der Waals surface area contributed by atoms with Gasteiger partial charge in [-0.2, -0.15) is 5.26 Å². The summed E-state index contributed by atoms with van der Waals surface area (Å²) in [5.74, 6) is 0.924. The SMILES string of the molecule is C[C@H]1[C@H](C)CC[C@]2(C(=O)O)CC[C@]3(C)C(=CC[C@@H]4[C@@]5(C)C=C(C#N)C(=O)C(C)(C)[C@@H]5CC[C@]43C)[C@H]12.